The van der Waals surface area contributed by atoms with Gasteiger partial charge in [-0.2, -0.15) is 0 Å². The molecule has 0 aromatic carbocycles. The Bertz CT molecular complexity index is 441. The van der Waals surface area contributed by atoms with Gasteiger partial charge in [0.25, 0.3) is 5.91 Å². The van der Waals surface area contributed by atoms with E-state index in [-0.39, 0.29) is 30.7 Å². The standard InChI is InChI=1S/C12H18N2O6/c1-4-20-9(15)5-6-13-12(19)14-10(16)7(2)8(3)11(17)18/h4-6H2,1-3H3,(H,17,18)(H2,13,14,16,19). The van der Waals surface area contributed by atoms with E-state index in [2.05, 4.69) is 10.1 Å². The maximum Gasteiger partial charge on any atom is 0.331 e. The largest absolute Gasteiger partial charge is 0.478 e. The normalized spacial score (nSPS) is 11.2. The lowest BCUT2D eigenvalue weighted by Gasteiger charge is -2.07. The Balaban J connectivity index is 4.22. The summed E-state index contributed by atoms with van der Waals surface area (Å²) in [6.45, 7) is 4.48. The summed E-state index contributed by atoms with van der Waals surface area (Å²) in [5, 5.41) is 12.9. The highest BCUT2D eigenvalue weighted by Crippen LogP contribution is 2.03. The monoisotopic (exact) mass is 286 g/mol. The van der Waals surface area contributed by atoms with Crippen molar-refractivity contribution in [2.24, 2.45) is 0 Å². The summed E-state index contributed by atoms with van der Waals surface area (Å²) in [5.74, 6) is -2.50. The van der Waals surface area contributed by atoms with Crippen LogP contribution in [0.3, 0.4) is 0 Å². The quantitative estimate of drug-likeness (QED) is 0.473. The number of aliphatic carboxylic acids is 1. The molecule has 8 nitrogen and oxygen atoms in total. The van der Waals surface area contributed by atoms with Crippen LogP contribution in [0, 0.1) is 0 Å². The zero-order valence-electron chi connectivity index (χ0n) is 11.6. The van der Waals surface area contributed by atoms with Crippen LogP contribution in [0.5, 0.6) is 0 Å². The van der Waals surface area contributed by atoms with Crippen LogP contribution in [-0.2, 0) is 19.1 Å². The van der Waals surface area contributed by atoms with E-state index in [4.69, 9.17) is 5.11 Å². The highest BCUT2D eigenvalue weighted by molar-refractivity contribution is 6.07. The van der Waals surface area contributed by atoms with Gasteiger partial charge in [-0.3, -0.25) is 14.9 Å². The van der Waals surface area contributed by atoms with E-state index in [0.29, 0.717) is 0 Å². The fourth-order valence-corrected chi connectivity index (χ4v) is 1.08. The molecule has 20 heavy (non-hydrogen) atoms. The number of nitrogens with one attached hydrogen (secondary N) is 2. The van der Waals surface area contributed by atoms with Gasteiger partial charge in [-0.15, -0.1) is 0 Å². The number of hydrogen-bond acceptors (Lipinski definition) is 5. The molecule has 0 aliphatic rings. The van der Waals surface area contributed by atoms with E-state index < -0.39 is 23.9 Å². The van der Waals surface area contributed by atoms with Crippen molar-refractivity contribution in [1.82, 2.24) is 10.6 Å². The van der Waals surface area contributed by atoms with E-state index in [1.54, 1.807) is 6.92 Å². The van der Waals surface area contributed by atoms with Gasteiger partial charge in [-0.05, 0) is 20.8 Å². The molecule has 112 valence electrons. The molecule has 0 spiro atoms. The second-order valence-corrected chi connectivity index (χ2v) is 3.82. The highest BCUT2D eigenvalue weighted by Gasteiger charge is 2.15. The number of hydrogen-bond donors (Lipinski definition) is 3. The van der Waals surface area contributed by atoms with Gasteiger partial charge in [-0.1, -0.05) is 0 Å². The molecule has 0 radical (unpaired) electrons. The summed E-state index contributed by atoms with van der Waals surface area (Å²) < 4.78 is 4.65. The van der Waals surface area contributed by atoms with Crippen LogP contribution in [0.1, 0.15) is 27.2 Å². The van der Waals surface area contributed by atoms with Gasteiger partial charge in [-0.25, -0.2) is 9.59 Å². The molecule has 8 heteroatoms. The number of esters is 1. The number of amides is 3. The number of rotatable bonds is 6. The SMILES string of the molecule is CCOC(=O)CCNC(=O)NC(=O)C(C)=C(C)C(=O)O. The van der Waals surface area contributed by atoms with Crippen molar-refractivity contribution in [3.63, 3.8) is 0 Å². The molecule has 0 rings (SSSR count). The zero-order valence-corrected chi connectivity index (χ0v) is 11.6. The van der Waals surface area contributed by atoms with E-state index in [1.165, 1.54) is 13.8 Å². The Kier molecular flexibility index (Phi) is 7.64. The van der Waals surface area contributed by atoms with Crippen molar-refractivity contribution in [2.45, 2.75) is 27.2 Å². The summed E-state index contributed by atoms with van der Waals surface area (Å²) in [6.07, 6.45) is -0.0155. The van der Waals surface area contributed by atoms with Crippen molar-refractivity contribution in [2.75, 3.05) is 13.2 Å². The molecule has 0 saturated heterocycles. The number of carboxylic acid groups (broad SMARTS) is 1. The summed E-state index contributed by atoms with van der Waals surface area (Å²) in [4.78, 5) is 44.5. The average Bonchev–Trinajstić information content (AvgIpc) is 2.36. The maximum absolute atomic E-state index is 11.5. The van der Waals surface area contributed by atoms with Crippen LogP contribution in [0.2, 0.25) is 0 Å². The van der Waals surface area contributed by atoms with Gasteiger partial charge < -0.3 is 15.2 Å². The zero-order chi connectivity index (χ0) is 15.7. The number of ether oxygens (including phenoxy) is 1. The van der Waals surface area contributed by atoms with Crippen LogP contribution < -0.4 is 10.6 Å². The molecule has 0 bridgehead atoms. The van der Waals surface area contributed by atoms with Crippen LogP contribution >= 0.6 is 0 Å². The lowest BCUT2D eigenvalue weighted by atomic mass is 10.1. The molecule has 0 aliphatic heterocycles. The Morgan fingerprint density at radius 1 is 1.10 bits per heavy atom. The van der Waals surface area contributed by atoms with Gasteiger partial charge in [0.05, 0.1) is 13.0 Å². The molecular weight excluding hydrogens is 268 g/mol. The lowest BCUT2D eigenvalue weighted by molar-refractivity contribution is -0.143. The third kappa shape index (κ3) is 6.53. The van der Waals surface area contributed by atoms with Crippen molar-refractivity contribution in [1.29, 1.82) is 0 Å². The number of carboxylic acids is 1. The third-order valence-electron chi connectivity index (χ3n) is 2.37. The molecule has 0 heterocycles. The molecule has 0 aromatic heterocycles. The first kappa shape index (κ1) is 17.6. The summed E-state index contributed by atoms with van der Waals surface area (Å²) in [7, 11) is 0. The molecular formula is C12H18N2O6. The Hall–Kier alpha value is -2.38. The van der Waals surface area contributed by atoms with Crippen LogP contribution in [0.4, 0.5) is 4.79 Å². The third-order valence-corrected chi connectivity index (χ3v) is 2.37. The molecule has 0 saturated carbocycles. The highest BCUT2D eigenvalue weighted by atomic mass is 16.5. The first-order valence-electron chi connectivity index (χ1n) is 5.95. The molecule has 3 amide bonds. The minimum atomic E-state index is -1.24. The molecule has 0 fully saturated rings. The van der Waals surface area contributed by atoms with E-state index in [0.717, 1.165) is 0 Å². The molecule has 0 unspecified atom stereocenters. The van der Waals surface area contributed by atoms with Crippen molar-refractivity contribution in [3.8, 4) is 0 Å². The first-order valence-corrected chi connectivity index (χ1v) is 5.95. The smallest absolute Gasteiger partial charge is 0.331 e. The van der Waals surface area contributed by atoms with Crippen molar-refractivity contribution < 1.29 is 29.0 Å². The predicted molar refractivity (Wildman–Crippen MR) is 68.8 cm³/mol. The van der Waals surface area contributed by atoms with E-state index >= 15 is 0 Å². The second kappa shape index (κ2) is 8.68. The van der Waals surface area contributed by atoms with E-state index in [1.807, 2.05) is 5.32 Å². The molecule has 3 N–H and O–H groups in total. The number of imide groups is 1. The van der Waals surface area contributed by atoms with Crippen LogP contribution in [0.25, 0.3) is 0 Å². The second-order valence-electron chi connectivity index (χ2n) is 3.82. The number of urea groups is 1. The Morgan fingerprint density at radius 3 is 2.20 bits per heavy atom. The average molecular weight is 286 g/mol. The van der Waals surface area contributed by atoms with Crippen LogP contribution in [0.15, 0.2) is 11.1 Å². The lowest BCUT2D eigenvalue weighted by Crippen LogP contribution is -2.41. The minimum Gasteiger partial charge on any atom is -0.478 e. The summed E-state index contributed by atoms with van der Waals surface area (Å²) >= 11 is 0. The van der Waals surface area contributed by atoms with Crippen molar-refractivity contribution in [3.05, 3.63) is 11.1 Å². The summed E-state index contributed by atoms with van der Waals surface area (Å²) in [5.41, 5.74) is -0.222. The van der Waals surface area contributed by atoms with Gasteiger partial charge in [0, 0.05) is 17.7 Å². The van der Waals surface area contributed by atoms with Crippen LogP contribution in [-0.4, -0.2) is 42.1 Å². The maximum atomic E-state index is 11.5. The number of carbonyl (C=O) groups excluding carboxylic acids is 3. The van der Waals surface area contributed by atoms with Gasteiger partial charge in [0.15, 0.2) is 0 Å². The molecule has 0 aliphatic carbocycles. The van der Waals surface area contributed by atoms with Gasteiger partial charge in [0.1, 0.15) is 0 Å². The van der Waals surface area contributed by atoms with E-state index in [9.17, 15) is 19.2 Å². The minimum absolute atomic E-state index is 0.0125. The Morgan fingerprint density at radius 2 is 1.70 bits per heavy atom. The topological polar surface area (TPSA) is 122 Å². The number of carbonyl (C=O) groups is 4. The Labute approximate surface area is 116 Å². The van der Waals surface area contributed by atoms with Crippen molar-refractivity contribution >= 4 is 23.9 Å². The fraction of sp³-hybridized carbons (Fsp3) is 0.500. The first-order chi connectivity index (χ1) is 9.29. The predicted octanol–water partition coefficient (Wildman–Crippen LogP) is 0.186. The summed E-state index contributed by atoms with van der Waals surface area (Å²) in [6, 6.07) is -0.808. The fourth-order valence-electron chi connectivity index (χ4n) is 1.08. The van der Waals surface area contributed by atoms with Gasteiger partial charge >= 0.3 is 18.0 Å². The molecule has 0 aromatic rings. The molecule has 0 atom stereocenters. The van der Waals surface area contributed by atoms with Gasteiger partial charge in [0.2, 0.25) is 0 Å².